The molecule has 130 valence electrons. The zero-order valence-electron chi connectivity index (χ0n) is 14.4. The average molecular weight is 417 g/mol. The third-order valence-corrected chi connectivity index (χ3v) is 6.44. The van der Waals surface area contributed by atoms with Gasteiger partial charge in [-0.25, -0.2) is 9.97 Å². The standard InChI is InChI=1S/C19H21BrN4S/c1-12(17-7-8-18(20)25-17)21-19-15-11-14(24-9-3-4-10-24)5-6-16(15)22-13(2)23-19/h5-8,11-12H,3-4,9-10H2,1-2H3,(H,21,22,23). The van der Waals surface area contributed by atoms with E-state index in [0.29, 0.717) is 0 Å². The summed E-state index contributed by atoms with van der Waals surface area (Å²) in [6.07, 6.45) is 2.55. The minimum atomic E-state index is 0.198. The Morgan fingerprint density at radius 2 is 1.96 bits per heavy atom. The quantitative estimate of drug-likeness (QED) is 0.606. The van der Waals surface area contributed by atoms with Crippen molar-refractivity contribution in [3.8, 4) is 0 Å². The molecule has 2 aromatic heterocycles. The smallest absolute Gasteiger partial charge is 0.138 e. The molecule has 0 radical (unpaired) electrons. The van der Waals surface area contributed by atoms with Crippen LogP contribution in [0.25, 0.3) is 10.9 Å². The Labute approximate surface area is 160 Å². The topological polar surface area (TPSA) is 41.1 Å². The van der Waals surface area contributed by atoms with E-state index in [1.807, 2.05) is 6.92 Å². The van der Waals surface area contributed by atoms with Gasteiger partial charge in [-0.15, -0.1) is 11.3 Å². The number of aromatic nitrogens is 2. The Morgan fingerprint density at radius 1 is 1.16 bits per heavy atom. The van der Waals surface area contributed by atoms with Gasteiger partial charge in [0.15, 0.2) is 0 Å². The van der Waals surface area contributed by atoms with Crippen LogP contribution in [0.15, 0.2) is 34.1 Å². The first-order valence-electron chi connectivity index (χ1n) is 8.65. The van der Waals surface area contributed by atoms with Gasteiger partial charge in [0.1, 0.15) is 11.6 Å². The van der Waals surface area contributed by atoms with E-state index in [4.69, 9.17) is 4.98 Å². The number of aryl methyl sites for hydroxylation is 1. The molecule has 1 atom stereocenters. The van der Waals surface area contributed by atoms with Crippen molar-refractivity contribution in [2.24, 2.45) is 0 Å². The first-order chi connectivity index (χ1) is 12.1. The van der Waals surface area contributed by atoms with Crippen LogP contribution in [-0.2, 0) is 0 Å². The van der Waals surface area contributed by atoms with Crippen molar-refractivity contribution in [2.45, 2.75) is 32.7 Å². The van der Waals surface area contributed by atoms with Crippen LogP contribution < -0.4 is 10.2 Å². The van der Waals surface area contributed by atoms with Crippen molar-refractivity contribution in [2.75, 3.05) is 23.3 Å². The SMILES string of the molecule is Cc1nc(NC(C)c2ccc(Br)s2)c2cc(N3CCCC3)ccc2n1. The molecule has 0 saturated carbocycles. The second kappa shape index (κ2) is 6.92. The van der Waals surface area contributed by atoms with E-state index in [1.54, 1.807) is 11.3 Å². The lowest BCUT2D eigenvalue weighted by molar-refractivity contribution is 0.892. The predicted molar refractivity (Wildman–Crippen MR) is 110 cm³/mol. The fourth-order valence-corrected chi connectivity index (χ4v) is 4.78. The van der Waals surface area contributed by atoms with Crippen LogP contribution in [0.2, 0.25) is 0 Å². The van der Waals surface area contributed by atoms with Crippen LogP contribution >= 0.6 is 27.3 Å². The number of hydrogen-bond acceptors (Lipinski definition) is 5. The highest BCUT2D eigenvalue weighted by atomic mass is 79.9. The Balaban J connectivity index is 1.71. The van der Waals surface area contributed by atoms with Crippen molar-refractivity contribution in [1.82, 2.24) is 9.97 Å². The molecule has 1 saturated heterocycles. The van der Waals surface area contributed by atoms with E-state index in [0.717, 1.165) is 39.4 Å². The highest BCUT2D eigenvalue weighted by Gasteiger charge is 2.16. The van der Waals surface area contributed by atoms with Gasteiger partial charge in [0.25, 0.3) is 0 Å². The summed E-state index contributed by atoms with van der Waals surface area (Å²) in [5, 5.41) is 4.69. The molecule has 4 nitrogen and oxygen atoms in total. The van der Waals surface area contributed by atoms with Gasteiger partial charge in [-0.3, -0.25) is 0 Å². The number of thiophene rings is 1. The summed E-state index contributed by atoms with van der Waals surface area (Å²) in [5.41, 5.74) is 2.27. The molecule has 6 heteroatoms. The third kappa shape index (κ3) is 3.51. The summed E-state index contributed by atoms with van der Waals surface area (Å²) in [5.74, 6) is 1.71. The minimum Gasteiger partial charge on any atom is -0.372 e. The van der Waals surface area contributed by atoms with E-state index in [1.165, 1.54) is 23.4 Å². The Bertz CT molecular complexity index is 902. The minimum absolute atomic E-state index is 0.198. The van der Waals surface area contributed by atoms with E-state index < -0.39 is 0 Å². The lowest BCUT2D eigenvalue weighted by Crippen LogP contribution is -2.17. The molecule has 1 fully saturated rings. The van der Waals surface area contributed by atoms with Crippen LogP contribution in [-0.4, -0.2) is 23.1 Å². The van der Waals surface area contributed by atoms with Gasteiger partial charge >= 0.3 is 0 Å². The number of fused-ring (bicyclic) bond motifs is 1. The van der Waals surface area contributed by atoms with Crippen molar-refractivity contribution in [3.63, 3.8) is 0 Å². The number of anilines is 2. The maximum Gasteiger partial charge on any atom is 0.138 e. The number of rotatable bonds is 4. The summed E-state index contributed by atoms with van der Waals surface area (Å²) in [6, 6.07) is 11.0. The molecule has 0 spiro atoms. The summed E-state index contributed by atoms with van der Waals surface area (Å²) in [7, 11) is 0. The first kappa shape index (κ1) is 16.8. The molecular weight excluding hydrogens is 396 g/mol. The lowest BCUT2D eigenvalue weighted by atomic mass is 10.1. The molecule has 0 bridgehead atoms. The van der Waals surface area contributed by atoms with Crippen molar-refractivity contribution in [3.05, 3.63) is 44.8 Å². The number of halogens is 1. The molecule has 0 aliphatic carbocycles. The van der Waals surface area contributed by atoms with Crippen LogP contribution in [0.5, 0.6) is 0 Å². The Morgan fingerprint density at radius 3 is 2.68 bits per heavy atom. The van der Waals surface area contributed by atoms with Gasteiger partial charge < -0.3 is 10.2 Å². The average Bonchev–Trinajstić information content (AvgIpc) is 3.26. The Hall–Kier alpha value is -1.66. The monoisotopic (exact) mass is 416 g/mol. The number of hydrogen-bond donors (Lipinski definition) is 1. The molecule has 1 aromatic carbocycles. The molecular formula is C19H21BrN4S. The van der Waals surface area contributed by atoms with E-state index in [-0.39, 0.29) is 6.04 Å². The third-order valence-electron chi connectivity index (χ3n) is 4.64. The molecule has 1 unspecified atom stereocenters. The van der Waals surface area contributed by atoms with Gasteiger partial charge in [-0.05, 0) is 73.0 Å². The van der Waals surface area contributed by atoms with Gasteiger partial charge in [-0.2, -0.15) is 0 Å². The number of benzene rings is 1. The highest BCUT2D eigenvalue weighted by molar-refractivity contribution is 9.11. The molecule has 25 heavy (non-hydrogen) atoms. The molecule has 0 amide bonds. The molecule has 1 aliphatic heterocycles. The van der Waals surface area contributed by atoms with E-state index in [9.17, 15) is 0 Å². The van der Waals surface area contributed by atoms with Gasteiger partial charge in [-0.1, -0.05) is 0 Å². The number of nitrogens with one attached hydrogen (secondary N) is 1. The summed E-state index contributed by atoms with van der Waals surface area (Å²) in [6.45, 7) is 6.40. The normalized spacial score (nSPS) is 15.7. The van der Waals surface area contributed by atoms with Crippen LogP contribution in [0, 0.1) is 6.92 Å². The summed E-state index contributed by atoms with van der Waals surface area (Å²) in [4.78, 5) is 13.0. The van der Waals surface area contributed by atoms with Crippen LogP contribution in [0.1, 0.15) is 36.5 Å². The van der Waals surface area contributed by atoms with Gasteiger partial charge in [0.2, 0.25) is 0 Å². The van der Waals surface area contributed by atoms with Crippen molar-refractivity contribution < 1.29 is 0 Å². The van der Waals surface area contributed by atoms with Crippen molar-refractivity contribution >= 4 is 49.7 Å². The lowest BCUT2D eigenvalue weighted by Gasteiger charge is -2.20. The van der Waals surface area contributed by atoms with E-state index >= 15 is 0 Å². The summed E-state index contributed by atoms with van der Waals surface area (Å²) >= 11 is 5.29. The fraction of sp³-hybridized carbons (Fsp3) is 0.368. The second-order valence-electron chi connectivity index (χ2n) is 6.52. The predicted octanol–water partition coefficient (Wildman–Crippen LogP) is 5.54. The molecule has 3 aromatic rings. The fourth-order valence-electron chi connectivity index (χ4n) is 3.35. The van der Waals surface area contributed by atoms with E-state index in [2.05, 4.69) is 68.4 Å². The Kier molecular flexibility index (Phi) is 4.65. The second-order valence-corrected chi connectivity index (χ2v) is 9.02. The maximum absolute atomic E-state index is 4.69. The zero-order chi connectivity index (χ0) is 17.4. The maximum atomic E-state index is 4.69. The largest absolute Gasteiger partial charge is 0.372 e. The van der Waals surface area contributed by atoms with Crippen molar-refractivity contribution in [1.29, 1.82) is 0 Å². The molecule has 4 rings (SSSR count). The molecule has 1 aliphatic rings. The first-order valence-corrected chi connectivity index (χ1v) is 10.3. The highest BCUT2D eigenvalue weighted by Crippen LogP contribution is 2.32. The zero-order valence-corrected chi connectivity index (χ0v) is 16.8. The summed E-state index contributed by atoms with van der Waals surface area (Å²) < 4.78 is 1.15. The number of nitrogens with zero attached hydrogens (tertiary/aromatic N) is 3. The van der Waals surface area contributed by atoms with Crippen LogP contribution in [0.3, 0.4) is 0 Å². The molecule has 3 heterocycles. The molecule has 1 N–H and O–H groups in total. The van der Waals surface area contributed by atoms with Gasteiger partial charge in [0, 0.05) is 29.0 Å². The van der Waals surface area contributed by atoms with Crippen LogP contribution in [0.4, 0.5) is 11.5 Å². The van der Waals surface area contributed by atoms with Gasteiger partial charge in [0.05, 0.1) is 15.3 Å².